The minimum Gasteiger partial charge on any atom is -0.513 e. The van der Waals surface area contributed by atoms with E-state index in [4.69, 9.17) is 11.5 Å². The third-order valence-corrected chi connectivity index (χ3v) is 2.58. The molecule has 1 aliphatic heterocycles. The smallest absolute Gasteiger partial charge is 0.0892 e. The van der Waals surface area contributed by atoms with Gasteiger partial charge in [0, 0.05) is 12.1 Å². The van der Waals surface area contributed by atoms with Gasteiger partial charge in [-0.2, -0.15) is 0 Å². The van der Waals surface area contributed by atoms with Gasteiger partial charge >= 0.3 is 0 Å². The zero-order valence-corrected chi connectivity index (χ0v) is 9.98. The fraction of sp³-hybridized carbons (Fsp3) is 0.429. The second-order valence-corrected chi connectivity index (χ2v) is 4.22. The van der Waals surface area contributed by atoms with Crippen molar-refractivity contribution in [2.24, 2.45) is 5.92 Å². The molecule has 2 nitrogen and oxygen atoms in total. The molecule has 0 aromatic carbocycles. The molecule has 0 bridgehead atoms. The first-order chi connectivity index (χ1) is 7.61. The minimum absolute atomic E-state index is 0.274. The van der Waals surface area contributed by atoms with Crippen LogP contribution in [-0.4, -0.2) is 23.1 Å². The zero-order chi connectivity index (χ0) is 12.0. The first-order valence-corrected chi connectivity index (χ1v) is 5.57. The SMILES string of the molecule is C#C/C(=C\C=C(/C)O)CN1C=CC(C)CC1. The molecular weight excluding hydrogens is 198 g/mol. The Morgan fingerprint density at radius 1 is 1.62 bits per heavy atom. The van der Waals surface area contributed by atoms with Gasteiger partial charge in [-0.15, -0.1) is 6.42 Å². The topological polar surface area (TPSA) is 23.5 Å². The molecule has 0 radical (unpaired) electrons. The van der Waals surface area contributed by atoms with Gasteiger partial charge in [0.2, 0.25) is 0 Å². The number of hydrogen-bond donors (Lipinski definition) is 1. The highest BCUT2D eigenvalue weighted by atomic mass is 16.3. The van der Waals surface area contributed by atoms with E-state index in [1.54, 1.807) is 19.1 Å². The molecule has 0 saturated heterocycles. The van der Waals surface area contributed by atoms with Crippen LogP contribution in [0.15, 0.2) is 35.8 Å². The molecule has 0 aliphatic carbocycles. The molecule has 16 heavy (non-hydrogen) atoms. The third-order valence-electron chi connectivity index (χ3n) is 2.58. The Hall–Kier alpha value is -1.62. The molecular formula is C14H19NO. The average Bonchev–Trinajstić information content (AvgIpc) is 2.26. The summed E-state index contributed by atoms with van der Waals surface area (Å²) in [5, 5.41) is 9.06. The first kappa shape index (κ1) is 12.4. The highest BCUT2D eigenvalue weighted by Gasteiger charge is 2.09. The van der Waals surface area contributed by atoms with E-state index in [1.807, 2.05) is 0 Å². The molecule has 1 atom stereocenters. The summed E-state index contributed by atoms with van der Waals surface area (Å²) < 4.78 is 0. The van der Waals surface area contributed by atoms with Crippen LogP contribution in [0.5, 0.6) is 0 Å². The fourth-order valence-electron chi connectivity index (χ4n) is 1.53. The van der Waals surface area contributed by atoms with E-state index >= 15 is 0 Å². The molecule has 1 aliphatic rings. The van der Waals surface area contributed by atoms with Gasteiger partial charge < -0.3 is 10.0 Å². The summed E-state index contributed by atoms with van der Waals surface area (Å²) in [7, 11) is 0. The summed E-state index contributed by atoms with van der Waals surface area (Å²) in [4.78, 5) is 2.20. The van der Waals surface area contributed by atoms with Crippen LogP contribution in [0.1, 0.15) is 20.3 Å². The Morgan fingerprint density at radius 2 is 2.38 bits per heavy atom. The third kappa shape index (κ3) is 4.27. The van der Waals surface area contributed by atoms with Gasteiger partial charge in [-0.05, 0) is 37.6 Å². The molecule has 0 spiro atoms. The predicted molar refractivity (Wildman–Crippen MR) is 67.8 cm³/mol. The summed E-state index contributed by atoms with van der Waals surface area (Å²) >= 11 is 0. The summed E-state index contributed by atoms with van der Waals surface area (Å²) in [6, 6.07) is 0. The van der Waals surface area contributed by atoms with Crippen LogP contribution in [0.4, 0.5) is 0 Å². The van der Waals surface area contributed by atoms with Crippen LogP contribution in [-0.2, 0) is 0 Å². The number of allylic oxidation sites excluding steroid dienone is 4. The maximum absolute atomic E-state index is 9.06. The molecule has 0 aromatic heterocycles. The van der Waals surface area contributed by atoms with Crippen LogP contribution in [0.3, 0.4) is 0 Å². The number of terminal acetylenes is 1. The van der Waals surface area contributed by atoms with Gasteiger partial charge in [-0.1, -0.05) is 18.9 Å². The number of hydrogen-bond acceptors (Lipinski definition) is 2. The molecule has 0 amide bonds. The number of rotatable bonds is 3. The summed E-state index contributed by atoms with van der Waals surface area (Å²) in [5.74, 6) is 3.58. The number of aliphatic hydroxyl groups is 1. The highest BCUT2D eigenvalue weighted by Crippen LogP contribution is 2.13. The fourth-order valence-corrected chi connectivity index (χ4v) is 1.53. The van der Waals surface area contributed by atoms with Crippen LogP contribution < -0.4 is 0 Å². The molecule has 86 valence electrons. The van der Waals surface area contributed by atoms with E-state index in [0.717, 1.165) is 18.7 Å². The van der Waals surface area contributed by atoms with Gasteiger partial charge in [0.1, 0.15) is 0 Å². The van der Waals surface area contributed by atoms with Gasteiger partial charge in [-0.25, -0.2) is 0 Å². The van der Waals surface area contributed by atoms with Crippen LogP contribution in [0, 0.1) is 18.3 Å². The Balaban J connectivity index is 2.59. The van der Waals surface area contributed by atoms with E-state index in [2.05, 4.69) is 30.0 Å². The molecule has 1 rings (SSSR count). The second-order valence-electron chi connectivity index (χ2n) is 4.22. The minimum atomic E-state index is 0.274. The predicted octanol–water partition coefficient (Wildman–Crippen LogP) is 2.86. The van der Waals surface area contributed by atoms with E-state index in [1.165, 1.54) is 6.42 Å². The van der Waals surface area contributed by atoms with E-state index in [-0.39, 0.29) is 5.76 Å². The number of aliphatic hydroxyl groups excluding tert-OH is 1. The first-order valence-electron chi connectivity index (χ1n) is 5.57. The molecule has 0 fully saturated rings. The quantitative estimate of drug-likeness (QED) is 0.446. The Bertz CT molecular complexity index is 353. The van der Waals surface area contributed by atoms with Crippen molar-refractivity contribution in [1.82, 2.24) is 4.90 Å². The normalized spacial score (nSPS) is 22.1. The van der Waals surface area contributed by atoms with Crippen LogP contribution in [0.25, 0.3) is 0 Å². The Labute approximate surface area is 98.0 Å². The van der Waals surface area contributed by atoms with Crippen molar-refractivity contribution in [3.8, 4) is 12.3 Å². The Morgan fingerprint density at radius 3 is 2.88 bits per heavy atom. The summed E-state index contributed by atoms with van der Waals surface area (Å²) in [6.07, 6.45) is 14.3. The lowest BCUT2D eigenvalue weighted by Crippen LogP contribution is -2.25. The van der Waals surface area contributed by atoms with Crippen LogP contribution >= 0.6 is 0 Å². The van der Waals surface area contributed by atoms with E-state index < -0.39 is 0 Å². The van der Waals surface area contributed by atoms with Gasteiger partial charge in [0.15, 0.2) is 0 Å². The largest absolute Gasteiger partial charge is 0.513 e. The van der Waals surface area contributed by atoms with Crippen molar-refractivity contribution < 1.29 is 5.11 Å². The van der Waals surface area contributed by atoms with E-state index in [0.29, 0.717) is 5.92 Å². The zero-order valence-electron chi connectivity index (χ0n) is 9.98. The average molecular weight is 217 g/mol. The molecule has 2 heteroatoms. The molecule has 0 saturated carbocycles. The molecule has 1 N–H and O–H groups in total. The van der Waals surface area contributed by atoms with Crippen molar-refractivity contribution in [2.75, 3.05) is 13.1 Å². The van der Waals surface area contributed by atoms with Crippen molar-refractivity contribution in [3.63, 3.8) is 0 Å². The lowest BCUT2D eigenvalue weighted by molar-refractivity contribution is 0.355. The Kier molecular flexibility index (Phi) is 4.72. The standard InChI is InChI=1S/C14H19NO/c1-4-14(6-5-13(3)16)11-15-9-7-12(2)8-10-15/h1,5-7,9,12,16H,8,10-11H2,2-3H3/b13-5+,14-6+. The highest BCUT2D eigenvalue weighted by molar-refractivity contribution is 5.31. The summed E-state index contributed by atoms with van der Waals surface area (Å²) in [6.45, 7) is 5.62. The van der Waals surface area contributed by atoms with Gasteiger partial charge in [0.05, 0.1) is 12.3 Å². The lowest BCUT2D eigenvalue weighted by atomic mass is 10.0. The maximum atomic E-state index is 9.06. The second kappa shape index (κ2) is 6.07. The van der Waals surface area contributed by atoms with Gasteiger partial charge in [-0.3, -0.25) is 0 Å². The maximum Gasteiger partial charge on any atom is 0.0892 e. The van der Waals surface area contributed by atoms with Crippen molar-refractivity contribution in [1.29, 1.82) is 0 Å². The van der Waals surface area contributed by atoms with Gasteiger partial charge in [0.25, 0.3) is 0 Å². The van der Waals surface area contributed by atoms with Crippen molar-refractivity contribution >= 4 is 0 Å². The van der Waals surface area contributed by atoms with Crippen LogP contribution in [0.2, 0.25) is 0 Å². The molecule has 0 aromatic rings. The molecule has 1 heterocycles. The monoisotopic (exact) mass is 217 g/mol. The lowest BCUT2D eigenvalue weighted by Gasteiger charge is -2.26. The molecule has 1 unspecified atom stereocenters. The van der Waals surface area contributed by atoms with E-state index in [9.17, 15) is 0 Å². The number of nitrogens with zero attached hydrogens (tertiary/aromatic N) is 1. The van der Waals surface area contributed by atoms with Crippen molar-refractivity contribution in [2.45, 2.75) is 20.3 Å². The summed E-state index contributed by atoms with van der Waals surface area (Å²) in [5.41, 5.74) is 0.882. The van der Waals surface area contributed by atoms with Crippen molar-refractivity contribution in [3.05, 3.63) is 35.8 Å².